The van der Waals surface area contributed by atoms with E-state index in [4.69, 9.17) is 0 Å². The van der Waals surface area contributed by atoms with Gasteiger partial charge in [0.25, 0.3) is 0 Å². The molecule has 2 rings (SSSR count). The lowest BCUT2D eigenvalue weighted by Crippen LogP contribution is -2.19. The lowest BCUT2D eigenvalue weighted by molar-refractivity contribution is 0.684. The minimum Gasteiger partial charge on any atom is -0.309 e. The van der Waals surface area contributed by atoms with Crippen LogP contribution in [0.2, 0.25) is 0 Å². The minimum absolute atomic E-state index is 0.207. The van der Waals surface area contributed by atoms with Crippen LogP contribution in [0.3, 0.4) is 0 Å². The number of aromatic nitrogens is 1. The molecule has 0 fully saturated rings. The quantitative estimate of drug-likeness (QED) is 0.890. The molecule has 0 saturated carbocycles. The molecule has 0 amide bonds. The first-order valence-corrected chi connectivity index (χ1v) is 6.29. The number of nitrogens with one attached hydrogen (secondary N) is 1. The van der Waals surface area contributed by atoms with Crippen molar-refractivity contribution >= 4 is 0 Å². The van der Waals surface area contributed by atoms with E-state index in [-0.39, 0.29) is 6.04 Å². The van der Waals surface area contributed by atoms with Crippen molar-refractivity contribution in [1.29, 1.82) is 0 Å². The zero-order chi connectivity index (χ0) is 13.1. The number of hydrogen-bond acceptors (Lipinski definition) is 2. The largest absolute Gasteiger partial charge is 0.309 e. The van der Waals surface area contributed by atoms with Crippen LogP contribution in [0.25, 0.3) is 0 Å². The van der Waals surface area contributed by atoms with E-state index >= 15 is 0 Å². The Balaban J connectivity index is 2.41. The number of nitrogens with zero attached hydrogens (tertiary/aromatic N) is 1. The van der Waals surface area contributed by atoms with Gasteiger partial charge in [-0.2, -0.15) is 0 Å². The zero-order valence-electron chi connectivity index (χ0n) is 11.5. The van der Waals surface area contributed by atoms with Crippen molar-refractivity contribution in [3.05, 3.63) is 64.5 Å². The highest BCUT2D eigenvalue weighted by atomic mass is 14.9. The fourth-order valence-corrected chi connectivity index (χ4v) is 2.30. The molecule has 0 saturated heterocycles. The van der Waals surface area contributed by atoms with Gasteiger partial charge in [-0.15, -0.1) is 0 Å². The molecule has 0 aliphatic rings. The van der Waals surface area contributed by atoms with Crippen LogP contribution in [-0.2, 0) is 0 Å². The second-order valence-electron chi connectivity index (χ2n) is 4.81. The summed E-state index contributed by atoms with van der Waals surface area (Å²) >= 11 is 0. The summed E-state index contributed by atoms with van der Waals surface area (Å²) in [5.74, 6) is 0. The number of benzene rings is 1. The fraction of sp³-hybridized carbons (Fsp3) is 0.312. The Labute approximate surface area is 109 Å². The van der Waals surface area contributed by atoms with E-state index in [0.717, 1.165) is 5.69 Å². The van der Waals surface area contributed by atoms with Crippen LogP contribution in [0.15, 0.2) is 36.5 Å². The van der Waals surface area contributed by atoms with Gasteiger partial charge in [-0.25, -0.2) is 0 Å². The Morgan fingerprint density at radius 2 is 1.83 bits per heavy atom. The van der Waals surface area contributed by atoms with E-state index < -0.39 is 0 Å². The molecule has 2 nitrogen and oxygen atoms in total. The molecule has 94 valence electrons. The van der Waals surface area contributed by atoms with Crippen LogP contribution in [0.5, 0.6) is 0 Å². The lowest BCUT2D eigenvalue weighted by atomic mass is 9.95. The van der Waals surface area contributed by atoms with E-state index in [2.05, 4.69) is 54.5 Å². The van der Waals surface area contributed by atoms with Gasteiger partial charge in [0.05, 0.1) is 6.04 Å². The van der Waals surface area contributed by atoms with Gasteiger partial charge in [0.2, 0.25) is 0 Å². The highest BCUT2D eigenvalue weighted by Gasteiger charge is 2.14. The Bertz CT molecular complexity index is 529. The van der Waals surface area contributed by atoms with Gasteiger partial charge in [0, 0.05) is 11.9 Å². The molecule has 0 radical (unpaired) electrons. The van der Waals surface area contributed by atoms with E-state index in [1.165, 1.54) is 22.3 Å². The van der Waals surface area contributed by atoms with Crippen LogP contribution in [0.1, 0.15) is 34.0 Å². The third kappa shape index (κ3) is 2.59. The van der Waals surface area contributed by atoms with E-state index in [0.29, 0.717) is 0 Å². The van der Waals surface area contributed by atoms with Gasteiger partial charge in [-0.1, -0.05) is 29.8 Å². The number of hydrogen-bond donors (Lipinski definition) is 1. The highest BCUT2D eigenvalue weighted by Crippen LogP contribution is 2.24. The first-order chi connectivity index (χ1) is 8.61. The molecule has 2 aromatic rings. The fourth-order valence-electron chi connectivity index (χ4n) is 2.30. The van der Waals surface area contributed by atoms with Gasteiger partial charge in [-0.3, -0.25) is 4.98 Å². The van der Waals surface area contributed by atoms with Gasteiger partial charge in [0.1, 0.15) is 0 Å². The summed E-state index contributed by atoms with van der Waals surface area (Å²) in [6.45, 7) is 6.29. The Morgan fingerprint density at radius 1 is 1.06 bits per heavy atom. The van der Waals surface area contributed by atoms with Crippen molar-refractivity contribution < 1.29 is 0 Å². The van der Waals surface area contributed by atoms with Crippen molar-refractivity contribution in [3.63, 3.8) is 0 Å². The van der Waals surface area contributed by atoms with Crippen molar-refractivity contribution in [3.8, 4) is 0 Å². The molecule has 1 unspecified atom stereocenters. The summed E-state index contributed by atoms with van der Waals surface area (Å²) in [4.78, 5) is 4.38. The molecule has 0 spiro atoms. The number of aryl methyl sites for hydroxylation is 3. The SMILES string of the molecule is CNC(c1ccc(C)nc1)c1ccc(C)cc1C. The molecule has 1 heterocycles. The van der Waals surface area contributed by atoms with Crippen molar-refractivity contribution in [2.75, 3.05) is 7.05 Å². The maximum absolute atomic E-state index is 4.38. The molecule has 18 heavy (non-hydrogen) atoms. The average molecular weight is 240 g/mol. The van der Waals surface area contributed by atoms with Crippen LogP contribution in [0, 0.1) is 20.8 Å². The Hall–Kier alpha value is -1.67. The Morgan fingerprint density at radius 3 is 2.39 bits per heavy atom. The molecule has 1 aromatic heterocycles. The summed E-state index contributed by atoms with van der Waals surface area (Å²) in [7, 11) is 1.99. The highest BCUT2D eigenvalue weighted by molar-refractivity contribution is 5.38. The van der Waals surface area contributed by atoms with Crippen LogP contribution < -0.4 is 5.32 Å². The third-order valence-corrected chi connectivity index (χ3v) is 3.29. The van der Waals surface area contributed by atoms with Gasteiger partial charge in [0.15, 0.2) is 0 Å². The second kappa shape index (κ2) is 5.32. The van der Waals surface area contributed by atoms with Crippen LogP contribution in [-0.4, -0.2) is 12.0 Å². The van der Waals surface area contributed by atoms with Crippen LogP contribution in [0.4, 0.5) is 0 Å². The number of pyridine rings is 1. The second-order valence-corrected chi connectivity index (χ2v) is 4.81. The Kier molecular flexibility index (Phi) is 3.78. The molecule has 1 N–H and O–H groups in total. The summed E-state index contributed by atoms with van der Waals surface area (Å²) in [6, 6.07) is 11.0. The summed E-state index contributed by atoms with van der Waals surface area (Å²) in [5, 5.41) is 3.37. The molecule has 0 bridgehead atoms. The summed E-state index contributed by atoms with van der Waals surface area (Å²) < 4.78 is 0. The molecular weight excluding hydrogens is 220 g/mol. The standard InChI is InChI=1S/C16H20N2/c1-11-5-8-15(12(2)9-11)16(17-4)14-7-6-13(3)18-10-14/h5-10,16-17H,1-4H3. The van der Waals surface area contributed by atoms with Crippen molar-refractivity contribution in [2.45, 2.75) is 26.8 Å². The van der Waals surface area contributed by atoms with Crippen LogP contribution >= 0.6 is 0 Å². The minimum atomic E-state index is 0.207. The topological polar surface area (TPSA) is 24.9 Å². The third-order valence-electron chi connectivity index (χ3n) is 3.29. The molecule has 0 aliphatic heterocycles. The van der Waals surface area contributed by atoms with Gasteiger partial charge >= 0.3 is 0 Å². The average Bonchev–Trinajstić information content (AvgIpc) is 2.35. The van der Waals surface area contributed by atoms with Crippen molar-refractivity contribution in [1.82, 2.24) is 10.3 Å². The lowest BCUT2D eigenvalue weighted by Gasteiger charge is -2.19. The first-order valence-electron chi connectivity index (χ1n) is 6.29. The molecule has 1 atom stereocenters. The maximum atomic E-state index is 4.38. The number of rotatable bonds is 3. The summed E-state index contributed by atoms with van der Waals surface area (Å²) in [6.07, 6.45) is 1.95. The molecule has 0 aliphatic carbocycles. The smallest absolute Gasteiger partial charge is 0.0592 e. The predicted molar refractivity (Wildman–Crippen MR) is 75.8 cm³/mol. The van der Waals surface area contributed by atoms with Gasteiger partial charge in [-0.05, 0) is 50.6 Å². The van der Waals surface area contributed by atoms with Gasteiger partial charge < -0.3 is 5.32 Å². The predicted octanol–water partition coefficient (Wildman–Crippen LogP) is 3.32. The molecule has 1 aromatic carbocycles. The van der Waals surface area contributed by atoms with Crippen molar-refractivity contribution in [2.24, 2.45) is 0 Å². The monoisotopic (exact) mass is 240 g/mol. The first kappa shape index (κ1) is 12.8. The molecule has 2 heteroatoms. The zero-order valence-corrected chi connectivity index (χ0v) is 11.5. The molecular formula is C16H20N2. The van der Waals surface area contributed by atoms with E-state index in [1.807, 2.05) is 20.2 Å². The van der Waals surface area contributed by atoms with E-state index in [1.54, 1.807) is 0 Å². The summed E-state index contributed by atoms with van der Waals surface area (Å²) in [5.41, 5.74) is 6.18. The normalized spacial score (nSPS) is 12.4. The van der Waals surface area contributed by atoms with E-state index in [9.17, 15) is 0 Å². The maximum Gasteiger partial charge on any atom is 0.0592 e.